The van der Waals surface area contributed by atoms with Gasteiger partial charge in [0.2, 0.25) is 17.8 Å². The molecule has 2 atom stereocenters. The number of carbonyl (C=O) groups is 1. The Labute approximate surface area is 225 Å². The lowest BCUT2D eigenvalue weighted by molar-refractivity contribution is -0.128. The minimum atomic E-state index is -0.854. The molecule has 2 aromatic rings. The maximum absolute atomic E-state index is 14.7. The fourth-order valence-corrected chi connectivity index (χ4v) is 5.50. The van der Waals surface area contributed by atoms with Crippen LogP contribution in [0, 0.1) is 24.0 Å². The van der Waals surface area contributed by atoms with Crippen molar-refractivity contribution in [3.63, 3.8) is 0 Å². The van der Waals surface area contributed by atoms with Crippen LogP contribution in [0.4, 0.5) is 26.2 Å². The molecule has 4 rings (SSSR count). The van der Waals surface area contributed by atoms with Gasteiger partial charge in [0.05, 0.1) is 17.8 Å². The summed E-state index contributed by atoms with van der Waals surface area (Å²) >= 11 is 5.80. The lowest BCUT2D eigenvalue weighted by Crippen LogP contribution is -2.38. The number of anilines is 3. The van der Waals surface area contributed by atoms with Crippen LogP contribution in [0.25, 0.3) is 0 Å². The highest BCUT2D eigenvalue weighted by atomic mass is 35.5. The predicted molar refractivity (Wildman–Crippen MR) is 145 cm³/mol. The van der Waals surface area contributed by atoms with Gasteiger partial charge in [0.1, 0.15) is 11.5 Å². The molecule has 12 heteroatoms. The average molecular weight is 550 g/mol. The molecule has 5 N–H and O–H groups in total. The summed E-state index contributed by atoms with van der Waals surface area (Å²) < 4.78 is 31.2. The number of aryl methyl sites for hydroxylation is 1. The lowest BCUT2D eigenvalue weighted by atomic mass is 9.73. The summed E-state index contributed by atoms with van der Waals surface area (Å²) in [6.45, 7) is 7.26. The molecule has 1 aromatic heterocycles. The number of aromatic nitrogens is 2. The third kappa shape index (κ3) is 5.99. The minimum Gasteiger partial charge on any atom is -0.393 e. The van der Waals surface area contributed by atoms with E-state index in [1.165, 1.54) is 0 Å². The van der Waals surface area contributed by atoms with E-state index < -0.39 is 23.2 Å². The first-order chi connectivity index (χ1) is 18.0. The van der Waals surface area contributed by atoms with Gasteiger partial charge in [-0.25, -0.2) is 23.7 Å². The summed E-state index contributed by atoms with van der Waals surface area (Å²) in [5.41, 5.74) is 5.19. The SMILES string of the molecule is C=NC(=N[C@@H]1CCC[C@H](O)C1)Nc1c(C)nc(Nc2c(F)cc(Cl)cc2F)n1C1CCC(C)(C(N)=O)CC1. The van der Waals surface area contributed by atoms with Crippen LogP contribution >= 0.6 is 11.6 Å². The Morgan fingerprint density at radius 2 is 1.92 bits per heavy atom. The van der Waals surface area contributed by atoms with Crippen molar-refractivity contribution in [2.75, 3.05) is 10.6 Å². The van der Waals surface area contributed by atoms with Crippen LogP contribution in [0.1, 0.15) is 70.0 Å². The fourth-order valence-electron chi connectivity index (χ4n) is 5.31. The largest absolute Gasteiger partial charge is 0.393 e. The zero-order chi connectivity index (χ0) is 27.6. The first kappa shape index (κ1) is 28.0. The Hall–Kier alpha value is -3.05. The number of halogens is 3. The highest BCUT2D eigenvalue weighted by molar-refractivity contribution is 6.30. The van der Waals surface area contributed by atoms with Crippen molar-refractivity contribution >= 4 is 47.6 Å². The number of primary amides is 1. The lowest BCUT2D eigenvalue weighted by Gasteiger charge is -2.36. The molecule has 1 aromatic carbocycles. The van der Waals surface area contributed by atoms with Crippen LogP contribution in [-0.4, -0.2) is 45.4 Å². The topological polar surface area (TPSA) is 130 Å². The van der Waals surface area contributed by atoms with E-state index in [-0.39, 0.29) is 40.6 Å². The van der Waals surface area contributed by atoms with Crippen molar-refractivity contribution in [2.45, 2.75) is 83.4 Å². The molecule has 1 amide bonds. The number of aliphatic imine (C=N–C) groups is 2. The van der Waals surface area contributed by atoms with E-state index in [4.69, 9.17) is 17.3 Å². The van der Waals surface area contributed by atoms with Gasteiger partial charge in [-0.05, 0) is 77.1 Å². The molecular weight excluding hydrogens is 516 g/mol. The smallest absolute Gasteiger partial charge is 0.223 e. The Morgan fingerprint density at radius 3 is 2.50 bits per heavy atom. The molecule has 38 heavy (non-hydrogen) atoms. The van der Waals surface area contributed by atoms with Crippen molar-refractivity contribution in [1.29, 1.82) is 0 Å². The number of imidazole rings is 1. The number of guanidine groups is 1. The number of carbonyl (C=O) groups excluding carboxylic acids is 1. The highest BCUT2D eigenvalue weighted by Gasteiger charge is 2.38. The van der Waals surface area contributed by atoms with E-state index in [2.05, 4.69) is 32.3 Å². The van der Waals surface area contributed by atoms with Gasteiger partial charge in [0.15, 0.2) is 11.6 Å². The summed E-state index contributed by atoms with van der Waals surface area (Å²) in [6, 6.07) is 1.78. The van der Waals surface area contributed by atoms with Gasteiger partial charge < -0.3 is 21.5 Å². The first-order valence-electron chi connectivity index (χ1n) is 12.8. The Balaban J connectivity index is 1.71. The van der Waals surface area contributed by atoms with Crippen molar-refractivity contribution in [1.82, 2.24) is 9.55 Å². The standard InChI is InChI=1S/C26H34ClF2N7O2/c1-14-22(35-24(31-3)33-16-5-4-6-18(37)13-16)36(17-7-9-26(2,10-8-17)23(30)38)25(32-14)34-21-19(28)11-15(27)12-20(21)29/h11-12,16-18,37H,3-10,13H2,1-2H3,(H2,30,38)(H,32,34)(H,33,35)/t16-,17?,18+,26?/m1/s1. The zero-order valence-corrected chi connectivity index (χ0v) is 22.4. The molecule has 9 nitrogen and oxygen atoms in total. The third-order valence-electron chi connectivity index (χ3n) is 7.65. The Bertz CT molecular complexity index is 1220. The molecular formula is C26H34ClF2N7O2. The fraction of sp³-hybridized carbons (Fsp3) is 0.538. The van der Waals surface area contributed by atoms with Crippen LogP contribution < -0.4 is 16.4 Å². The number of nitrogens with one attached hydrogen (secondary N) is 2. The second-order valence-corrected chi connectivity index (χ2v) is 10.9. The van der Waals surface area contributed by atoms with E-state index in [1.807, 2.05) is 11.5 Å². The van der Waals surface area contributed by atoms with E-state index in [1.54, 1.807) is 6.92 Å². The number of nitrogens with zero attached hydrogens (tertiary/aromatic N) is 4. The monoisotopic (exact) mass is 549 g/mol. The summed E-state index contributed by atoms with van der Waals surface area (Å²) in [5.74, 6) is -1.03. The second-order valence-electron chi connectivity index (χ2n) is 10.5. The number of hydrogen-bond acceptors (Lipinski definition) is 5. The van der Waals surface area contributed by atoms with Crippen LogP contribution in [0.5, 0.6) is 0 Å². The van der Waals surface area contributed by atoms with E-state index in [0.29, 0.717) is 43.6 Å². The van der Waals surface area contributed by atoms with Crippen molar-refractivity contribution < 1.29 is 18.7 Å². The number of rotatable bonds is 6. The van der Waals surface area contributed by atoms with Gasteiger partial charge in [-0.1, -0.05) is 18.5 Å². The molecule has 1 heterocycles. The van der Waals surface area contributed by atoms with Crippen LogP contribution in [0.15, 0.2) is 22.1 Å². The quantitative estimate of drug-likeness (QED) is 0.289. The third-order valence-corrected chi connectivity index (χ3v) is 7.87. The van der Waals surface area contributed by atoms with Crippen molar-refractivity contribution in [2.24, 2.45) is 21.1 Å². The molecule has 2 saturated carbocycles. The van der Waals surface area contributed by atoms with Gasteiger partial charge in [-0.3, -0.25) is 9.36 Å². The van der Waals surface area contributed by atoms with Gasteiger partial charge in [0, 0.05) is 16.5 Å². The number of aliphatic hydroxyl groups excluding tert-OH is 1. The first-order valence-corrected chi connectivity index (χ1v) is 13.2. The Morgan fingerprint density at radius 1 is 1.26 bits per heavy atom. The van der Waals surface area contributed by atoms with Crippen molar-refractivity contribution in [3.05, 3.63) is 34.5 Å². The van der Waals surface area contributed by atoms with Crippen molar-refractivity contribution in [3.8, 4) is 0 Å². The van der Waals surface area contributed by atoms with Gasteiger partial charge in [-0.2, -0.15) is 0 Å². The summed E-state index contributed by atoms with van der Waals surface area (Å²) in [6.07, 6.45) is 4.85. The summed E-state index contributed by atoms with van der Waals surface area (Å²) in [5, 5.41) is 16.0. The number of amides is 1. The molecule has 0 aliphatic heterocycles. The number of nitrogens with two attached hydrogens (primary N) is 1. The minimum absolute atomic E-state index is 0.0591. The van der Waals surface area contributed by atoms with Crippen LogP contribution in [0.3, 0.4) is 0 Å². The average Bonchev–Trinajstić information content (AvgIpc) is 3.15. The molecule has 0 bridgehead atoms. The van der Waals surface area contributed by atoms with Crippen LogP contribution in [0.2, 0.25) is 5.02 Å². The molecule has 206 valence electrons. The summed E-state index contributed by atoms with van der Waals surface area (Å²) in [4.78, 5) is 25.3. The number of aliphatic hydroxyl groups is 1. The van der Waals surface area contributed by atoms with E-state index in [9.17, 15) is 18.7 Å². The maximum atomic E-state index is 14.7. The summed E-state index contributed by atoms with van der Waals surface area (Å²) in [7, 11) is 0. The van der Waals surface area contributed by atoms with Gasteiger partial charge in [0.25, 0.3) is 0 Å². The molecule has 0 saturated heterocycles. The highest BCUT2D eigenvalue weighted by Crippen LogP contribution is 2.44. The van der Waals surface area contributed by atoms with Gasteiger partial charge >= 0.3 is 0 Å². The maximum Gasteiger partial charge on any atom is 0.223 e. The predicted octanol–water partition coefficient (Wildman–Crippen LogP) is 5.25. The van der Waals surface area contributed by atoms with E-state index >= 15 is 0 Å². The van der Waals surface area contributed by atoms with Gasteiger partial charge in [-0.15, -0.1) is 0 Å². The van der Waals surface area contributed by atoms with E-state index in [0.717, 1.165) is 31.4 Å². The molecule has 0 unspecified atom stereocenters. The molecule has 0 spiro atoms. The Kier molecular flexibility index (Phi) is 8.37. The molecule has 0 radical (unpaired) electrons. The second kappa shape index (κ2) is 11.4. The van der Waals surface area contributed by atoms with Crippen LogP contribution in [-0.2, 0) is 4.79 Å². The molecule has 2 fully saturated rings. The molecule has 2 aliphatic rings. The zero-order valence-electron chi connectivity index (χ0n) is 21.6. The number of hydrogen-bond donors (Lipinski definition) is 4. The molecule has 2 aliphatic carbocycles. The number of benzene rings is 1. The normalized spacial score (nSPS) is 26.2.